The lowest BCUT2D eigenvalue weighted by atomic mass is 10.3. The zero-order valence-corrected chi connectivity index (χ0v) is 11.0. The van der Waals surface area contributed by atoms with Gasteiger partial charge in [0.05, 0.1) is 6.61 Å². The fourth-order valence-corrected chi connectivity index (χ4v) is 1.68. The van der Waals surface area contributed by atoms with Gasteiger partial charge in [-0.25, -0.2) is 9.97 Å². The van der Waals surface area contributed by atoms with Gasteiger partial charge in [0.2, 0.25) is 0 Å². The van der Waals surface area contributed by atoms with Crippen LogP contribution in [0.15, 0.2) is 36.4 Å². The Morgan fingerprint density at radius 3 is 2.74 bits per heavy atom. The highest BCUT2D eigenvalue weighted by Crippen LogP contribution is 2.09. The number of aryl methyl sites for hydroxylation is 1. The number of hydrogen-bond donors (Lipinski definition) is 2. The Kier molecular flexibility index (Phi) is 4.55. The molecular weight excluding hydrogens is 240 g/mol. The highest BCUT2D eigenvalue weighted by atomic mass is 16.5. The van der Waals surface area contributed by atoms with Gasteiger partial charge in [0, 0.05) is 12.6 Å². The van der Waals surface area contributed by atoms with Crippen LogP contribution in [0.4, 0.5) is 11.6 Å². The molecule has 2 rings (SSSR count). The van der Waals surface area contributed by atoms with E-state index < -0.39 is 0 Å². The van der Waals surface area contributed by atoms with Gasteiger partial charge in [-0.1, -0.05) is 18.2 Å². The van der Waals surface area contributed by atoms with Crippen molar-refractivity contribution in [3.8, 4) is 5.75 Å². The minimum atomic E-state index is 0.482. The topological polar surface area (TPSA) is 73.1 Å². The first kappa shape index (κ1) is 13.1. The maximum Gasteiger partial charge on any atom is 0.131 e. The lowest BCUT2D eigenvalue weighted by Crippen LogP contribution is -2.09. The van der Waals surface area contributed by atoms with Crippen LogP contribution in [0.3, 0.4) is 0 Å². The predicted octanol–water partition coefficient (Wildman–Crippen LogP) is 2.25. The van der Waals surface area contributed by atoms with Crippen molar-refractivity contribution < 1.29 is 4.74 Å². The number of hydrogen-bond acceptors (Lipinski definition) is 5. The van der Waals surface area contributed by atoms with Crippen LogP contribution in [0.5, 0.6) is 5.75 Å². The van der Waals surface area contributed by atoms with Crippen molar-refractivity contribution in [2.75, 3.05) is 24.2 Å². The molecule has 0 unspecified atom stereocenters. The van der Waals surface area contributed by atoms with E-state index in [1.54, 1.807) is 6.07 Å². The van der Waals surface area contributed by atoms with Crippen LogP contribution in [0.2, 0.25) is 0 Å². The van der Waals surface area contributed by atoms with E-state index in [1.807, 2.05) is 37.3 Å². The van der Waals surface area contributed by atoms with Crippen molar-refractivity contribution in [2.24, 2.45) is 0 Å². The SMILES string of the molecule is Cc1nc(N)cc(NCCCOc2ccccc2)n1. The quantitative estimate of drug-likeness (QED) is 0.777. The third-order valence-corrected chi connectivity index (χ3v) is 2.50. The van der Waals surface area contributed by atoms with E-state index in [-0.39, 0.29) is 0 Å². The Labute approximate surface area is 112 Å². The smallest absolute Gasteiger partial charge is 0.131 e. The van der Waals surface area contributed by atoms with Crippen molar-refractivity contribution >= 4 is 11.6 Å². The number of nitrogens with zero attached hydrogens (tertiary/aromatic N) is 2. The van der Waals surface area contributed by atoms with E-state index in [9.17, 15) is 0 Å². The summed E-state index contributed by atoms with van der Waals surface area (Å²) in [6.07, 6.45) is 0.887. The van der Waals surface area contributed by atoms with Crippen molar-refractivity contribution in [1.29, 1.82) is 0 Å². The predicted molar refractivity (Wildman–Crippen MR) is 76.2 cm³/mol. The fraction of sp³-hybridized carbons (Fsp3) is 0.286. The standard InChI is InChI=1S/C14H18N4O/c1-11-17-13(15)10-14(18-11)16-8-5-9-19-12-6-3-2-4-7-12/h2-4,6-7,10H,5,8-9H2,1H3,(H3,15,16,17,18). The molecule has 0 radical (unpaired) electrons. The monoisotopic (exact) mass is 258 g/mol. The van der Waals surface area contributed by atoms with E-state index in [0.717, 1.165) is 24.5 Å². The largest absolute Gasteiger partial charge is 0.494 e. The first-order valence-corrected chi connectivity index (χ1v) is 6.27. The van der Waals surface area contributed by atoms with Gasteiger partial charge in [-0.2, -0.15) is 0 Å². The third-order valence-electron chi connectivity index (χ3n) is 2.50. The highest BCUT2D eigenvalue weighted by molar-refractivity contribution is 5.44. The summed E-state index contributed by atoms with van der Waals surface area (Å²) in [5, 5.41) is 3.20. The Morgan fingerprint density at radius 2 is 2.00 bits per heavy atom. The molecule has 1 aromatic carbocycles. The van der Waals surface area contributed by atoms with Crippen LogP contribution in [0.1, 0.15) is 12.2 Å². The average Bonchev–Trinajstić information content (AvgIpc) is 2.38. The molecule has 3 N–H and O–H groups in total. The third kappa shape index (κ3) is 4.46. The summed E-state index contributed by atoms with van der Waals surface area (Å²) in [7, 11) is 0. The number of ether oxygens (including phenoxy) is 1. The normalized spacial score (nSPS) is 10.2. The van der Waals surface area contributed by atoms with E-state index in [1.165, 1.54) is 0 Å². The van der Waals surface area contributed by atoms with Gasteiger partial charge in [-0.3, -0.25) is 0 Å². The first-order chi connectivity index (χ1) is 9.24. The number of aromatic nitrogens is 2. The van der Waals surface area contributed by atoms with Gasteiger partial charge in [-0.05, 0) is 25.5 Å². The van der Waals surface area contributed by atoms with Crippen LogP contribution < -0.4 is 15.8 Å². The zero-order valence-electron chi connectivity index (χ0n) is 11.0. The van der Waals surface area contributed by atoms with Gasteiger partial charge in [0.1, 0.15) is 23.2 Å². The number of anilines is 2. The minimum absolute atomic E-state index is 0.482. The number of para-hydroxylation sites is 1. The van der Waals surface area contributed by atoms with E-state index >= 15 is 0 Å². The molecule has 0 saturated carbocycles. The van der Waals surface area contributed by atoms with Crippen LogP contribution in [0, 0.1) is 6.92 Å². The maximum atomic E-state index is 5.65. The Morgan fingerprint density at radius 1 is 1.21 bits per heavy atom. The summed E-state index contributed by atoms with van der Waals surface area (Å²) in [6.45, 7) is 3.26. The van der Waals surface area contributed by atoms with Gasteiger partial charge in [0.15, 0.2) is 0 Å². The van der Waals surface area contributed by atoms with Crippen LogP contribution in [0.25, 0.3) is 0 Å². The molecule has 1 aromatic heterocycles. The summed E-state index contributed by atoms with van der Waals surface area (Å²) in [5.74, 6) is 2.80. The molecule has 0 amide bonds. The Bertz CT molecular complexity index is 496. The van der Waals surface area contributed by atoms with Crippen molar-refractivity contribution in [3.63, 3.8) is 0 Å². The molecule has 100 valence electrons. The van der Waals surface area contributed by atoms with Crippen LogP contribution >= 0.6 is 0 Å². The number of benzene rings is 1. The molecule has 0 bridgehead atoms. The molecule has 0 atom stereocenters. The molecule has 0 aliphatic carbocycles. The van der Waals surface area contributed by atoms with Crippen LogP contribution in [-0.4, -0.2) is 23.1 Å². The van der Waals surface area contributed by atoms with E-state index in [2.05, 4.69) is 15.3 Å². The van der Waals surface area contributed by atoms with Gasteiger partial charge >= 0.3 is 0 Å². The molecule has 5 heteroatoms. The lowest BCUT2D eigenvalue weighted by molar-refractivity contribution is 0.315. The highest BCUT2D eigenvalue weighted by Gasteiger charge is 1.98. The minimum Gasteiger partial charge on any atom is -0.494 e. The summed E-state index contributed by atoms with van der Waals surface area (Å²) < 4.78 is 5.59. The number of rotatable bonds is 6. The zero-order chi connectivity index (χ0) is 13.5. The molecular formula is C14H18N4O. The van der Waals surface area contributed by atoms with Gasteiger partial charge in [0.25, 0.3) is 0 Å². The van der Waals surface area contributed by atoms with E-state index in [4.69, 9.17) is 10.5 Å². The molecule has 0 spiro atoms. The number of nitrogens with one attached hydrogen (secondary N) is 1. The molecule has 19 heavy (non-hydrogen) atoms. The second-order valence-electron chi connectivity index (χ2n) is 4.17. The molecule has 1 heterocycles. The lowest BCUT2D eigenvalue weighted by Gasteiger charge is -2.08. The molecule has 0 aliphatic heterocycles. The summed E-state index contributed by atoms with van der Waals surface area (Å²) >= 11 is 0. The fourth-order valence-electron chi connectivity index (χ4n) is 1.68. The number of nitrogen functional groups attached to an aromatic ring is 1. The maximum absolute atomic E-state index is 5.65. The summed E-state index contributed by atoms with van der Waals surface area (Å²) in [6, 6.07) is 11.5. The molecule has 5 nitrogen and oxygen atoms in total. The van der Waals surface area contributed by atoms with Crippen molar-refractivity contribution in [3.05, 3.63) is 42.2 Å². The van der Waals surface area contributed by atoms with Crippen molar-refractivity contribution in [2.45, 2.75) is 13.3 Å². The summed E-state index contributed by atoms with van der Waals surface area (Å²) in [4.78, 5) is 8.27. The molecule has 0 aliphatic rings. The van der Waals surface area contributed by atoms with E-state index in [0.29, 0.717) is 18.2 Å². The van der Waals surface area contributed by atoms with Gasteiger partial charge < -0.3 is 15.8 Å². The van der Waals surface area contributed by atoms with Crippen LogP contribution in [-0.2, 0) is 0 Å². The van der Waals surface area contributed by atoms with Crippen molar-refractivity contribution in [1.82, 2.24) is 9.97 Å². The van der Waals surface area contributed by atoms with Gasteiger partial charge in [-0.15, -0.1) is 0 Å². The first-order valence-electron chi connectivity index (χ1n) is 6.27. The average molecular weight is 258 g/mol. The molecule has 2 aromatic rings. The second-order valence-corrected chi connectivity index (χ2v) is 4.17. The molecule has 0 fully saturated rings. The Hall–Kier alpha value is -2.30. The Balaban J connectivity index is 1.69. The number of nitrogens with two attached hydrogens (primary N) is 1. The molecule has 0 saturated heterocycles. The summed E-state index contributed by atoms with van der Waals surface area (Å²) in [5.41, 5.74) is 5.65. The second kappa shape index (κ2) is 6.58.